The first kappa shape index (κ1) is 16.5. The fourth-order valence-corrected chi connectivity index (χ4v) is 2.53. The van der Waals surface area contributed by atoms with Gasteiger partial charge in [-0.2, -0.15) is 0 Å². The summed E-state index contributed by atoms with van der Waals surface area (Å²) in [6.07, 6.45) is -1.46. The maximum absolute atomic E-state index is 14.4. The number of carbonyl (C=O) groups excluding carboxylic acids is 1. The van der Waals surface area contributed by atoms with Crippen molar-refractivity contribution in [2.45, 2.75) is 44.9 Å². The molecule has 0 saturated carbocycles. The van der Waals surface area contributed by atoms with Gasteiger partial charge in [0.15, 0.2) is 11.6 Å². The second-order valence-electron chi connectivity index (χ2n) is 6.55. The standard InChI is InChI=1S/C16H21F2NO3/c1-16(2,3)22-15(21)19-7-6-11(13(18)9-19)10-4-5-14(20)12(17)8-10/h4-5,8,11,13,20H,6-7,9H2,1-3H3. The number of aromatic hydroxyl groups is 1. The van der Waals surface area contributed by atoms with Crippen molar-refractivity contribution in [1.29, 1.82) is 0 Å². The Balaban J connectivity index is 2.03. The highest BCUT2D eigenvalue weighted by molar-refractivity contribution is 5.68. The van der Waals surface area contributed by atoms with Crippen molar-refractivity contribution < 1.29 is 23.4 Å². The number of likely N-dealkylation sites (tertiary alicyclic amines) is 1. The molecule has 0 aliphatic carbocycles. The van der Waals surface area contributed by atoms with Crippen LogP contribution in [-0.4, -0.2) is 41.0 Å². The third kappa shape index (κ3) is 3.87. The van der Waals surface area contributed by atoms with E-state index in [1.165, 1.54) is 17.0 Å². The number of hydrogen-bond donors (Lipinski definition) is 1. The zero-order valence-corrected chi connectivity index (χ0v) is 13.0. The number of amides is 1. The Kier molecular flexibility index (Phi) is 4.58. The summed E-state index contributed by atoms with van der Waals surface area (Å²) < 4.78 is 33.0. The van der Waals surface area contributed by atoms with Crippen LogP contribution in [0.5, 0.6) is 5.75 Å². The number of piperidine rings is 1. The fraction of sp³-hybridized carbons (Fsp3) is 0.562. The minimum Gasteiger partial charge on any atom is -0.505 e. The van der Waals surface area contributed by atoms with Crippen LogP contribution < -0.4 is 0 Å². The fourth-order valence-electron chi connectivity index (χ4n) is 2.53. The van der Waals surface area contributed by atoms with Crippen LogP contribution in [-0.2, 0) is 4.74 Å². The molecular formula is C16H21F2NO3. The average Bonchev–Trinajstić information content (AvgIpc) is 2.40. The van der Waals surface area contributed by atoms with E-state index in [0.29, 0.717) is 18.5 Å². The van der Waals surface area contributed by atoms with Gasteiger partial charge in [0.25, 0.3) is 0 Å². The Morgan fingerprint density at radius 3 is 2.64 bits per heavy atom. The Morgan fingerprint density at radius 2 is 2.09 bits per heavy atom. The van der Waals surface area contributed by atoms with Crippen LogP contribution in [0.4, 0.5) is 13.6 Å². The number of hydrogen-bond acceptors (Lipinski definition) is 3. The second-order valence-corrected chi connectivity index (χ2v) is 6.55. The maximum atomic E-state index is 14.4. The van der Waals surface area contributed by atoms with E-state index < -0.39 is 35.4 Å². The van der Waals surface area contributed by atoms with E-state index in [1.807, 2.05) is 0 Å². The molecule has 1 aromatic rings. The van der Waals surface area contributed by atoms with Gasteiger partial charge in [0.2, 0.25) is 0 Å². The van der Waals surface area contributed by atoms with Crippen molar-refractivity contribution in [3.05, 3.63) is 29.6 Å². The summed E-state index contributed by atoms with van der Waals surface area (Å²) in [5.74, 6) is -1.71. The lowest BCUT2D eigenvalue weighted by atomic mass is 9.88. The zero-order valence-electron chi connectivity index (χ0n) is 13.0. The number of benzene rings is 1. The van der Waals surface area contributed by atoms with Crippen molar-refractivity contribution in [3.8, 4) is 5.75 Å². The first-order valence-corrected chi connectivity index (χ1v) is 7.28. The number of phenols is 1. The van der Waals surface area contributed by atoms with Crippen LogP contribution in [0, 0.1) is 5.82 Å². The molecule has 0 radical (unpaired) electrons. The SMILES string of the molecule is CC(C)(C)OC(=O)N1CCC(c2ccc(O)c(F)c2)C(F)C1. The van der Waals surface area contributed by atoms with Gasteiger partial charge in [0.1, 0.15) is 11.8 Å². The molecule has 1 aromatic carbocycles. The van der Waals surface area contributed by atoms with Gasteiger partial charge in [0.05, 0.1) is 6.54 Å². The minimum absolute atomic E-state index is 0.0813. The van der Waals surface area contributed by atoms with Crippen LogP contribution in [0.1, 0.15) is 38.7 Å². The smallest absolute Gasteiger partial charge is 0.410 e. The van der Waals surface area contributed by atoms with E-state index in [2.05, 4.69) is 0 Å². The van der Waals surface area contributed by atoms with E-state index in [0.717, 1.165) is 6.07 Å². The average molecular weight is 313 g/mol. The molecule has 1 aliphatic rings. The minimum atomic E-state index is -1.30. The molecule has 1 heterocycles. The second kappa shape index (κ2) is 6.10. The number of phenolic OH excluding ortho intramolecular Hbond substituents is 1. The molecule has 0 aromatic heterocycles. The van der Waals surface area contributed by atoms with Gasteiger partial charge >= 0.3 is 6.09 Å². The van der Waals surface area contributed by atoms with E-state index in [1.54, 1.807) is 20.8 Å². The van der Waals surface area contributed by atoms with Crippen LogP contribution >= 0.6 is 0 Å². The van der Waals surface area contributed by atoms with Gasteiger partial charge in [-0.15, -0.1) is 0 Å². The van der Waals surface area contributed by atoms with Gasteiger partial charge in [-0.3, -0.25) is 0 Å². The third-order valence-electron chi connectivity index (χ3n) is 3.59. The molecule has 122 valence electrons. The van der Waals surface area contributed by atoms with Crippen molar-refractivity contribution in [3.63, 3.8) is 0 Å². The summed E-state index contributed by atoms with van der Waals surface area (Å²) in [5, 5.41) is 9.19. The number of halogens is 2. The number of carbonyl (C=O) groups is 1. The van der Waals surface area contributed by atoms with E-state index in [9.17, 15) is 18.7 Å². The van der Waals surface area contributed by atoms with E-state index >= 15 is 0 Å². The number of rotatable bonds is 1. The zero-order chi connectivity index (χ0) is 16.5. The lowest BCUT2D eigenvalue weighted by Crippen LogP contribution is -2.46. The van der Waals surface area contributed by atoms with Gasteiger partial charge in [0, 0.05) is 12.5 Å². The van der Waals surface area contributed by atoms with Gasteiger partial charge in [-0.05, 0) is 44.9 Å². The predicted molar refractivity (Wildman–Crippen MR) is 78.1 cm³/mol. The van der Waals surface area contributed by atoms with Crippen LogP contribution in [0.2, 0.25) is 0 Å². The molecule has 0 spiro atoms. The molecule has 1 aliphatic heterocycles. The van der Waals surface area contributed by atoms with Crippen LogP contribution in [0.3, 0.4) is 0 Å². The first-order valence-electron chi connectivity index (χ1n) is 7.28. The highest BCUT2D eigenvalue weighted by atomic mass is 19.1. The molecule has 1 saturated heterocycles. The number of alkyl halides is 1. The molecule has 4 nitrogen and oxygen atoms in total. The normalized spacial score (nSPS) is 22.5. The molecule has 0 bridgehead atoms. The molecule has 2 rings (SSSR count). The lowest BCUT2D eigenvalue weighted by molar-refractivity contribution is 0.0111. The van der Waals surface area contributed by atoms with Crippen LogP contribution in [0.15, 0.2) is 18.2 Å². The Morgan fingerprint density at radius 1 is 1.41 bits per heavy atom. The summed E-state index contributed by atoms with van der Waals surface area (Å²) in [4.78, 5) is 13.3. The first-order chi connectivity index (χ1) is 10.2. The summed E-state index contributed by atoms with van der Waals surface area (Å²) in [6, 6.07) is 3.88. The molecule has 2 unspecified atom stereocenters. The number of ether oxygens (including phenoxy) is 1. The van der Waals surface area contributed by atoms with E-state index in [-0.39, 0.29) is 6.54 Å². The summed E-state index contributed by atoms with van der Waals surface area (Å²) >= 11 is 0. The molecule has 2 atom stereocenters. The summed E-state index contributed by atoms with van der Waals surface area (Å²) in [5.41, 5.74) is -0.133. The van der Waals surface area contributed by atoms with Crippen LogP contribution in [0.25, 0.3) is 0 Å². The summed E-state index contributed by atoms with van der Waals surface area (Å²) in [7, 11) is 0. The van der Waals surface area contributed by atoms with Gasteiger partial charge in [-0.1, -0.05) is 6.07 Å². The van der Waals surface area contributed by atoms with Crippen molar-refractivity contribution >= 4 is 6.09 Å². The molecule has 1 N–H and O–H groups in total. The molecule has 1 amide bonds. The third-order valence-corrected chi connectivity index (χ3v) is 3.59. The number of nitrogens with zero attached hydrogens (tertiary/aromatic N) is 1. The predicted octanol–water partition coefficient (Wildman–Crippen LogP) is 3.59. The Hall–Kier alpha value is -1.85. The van der Waals surface area contributed by atoms with Crippen molar-refractivity contribution in [1.82, 2.24) is 4.90 Å². The molecule has 1 fully saturated rings. The largest absolute Gasteiger partial charge is 0.505 e. The lowest BCUT2D eigenvalue weighted by Gasteiger charge is -2.35. The highest BCUT2D eigenvalue weighted by Gasteiger charge is 2.34. The Bertz CT molecular complexity index is 557. The summed E-state index contributed by atoms with van der Waals surface area (Å²) in [6.45, 7) is 5.53. The molecule has 22 heavy (non-hydrogen) atoms. The molecule has 6 heteroatoms. The van der Waals surface area contributed by atoms with Gasteiger partial charge < -0.3 is 14.7 Å². The quantitative estimate of drug-likeness (QED) is 0.862. The van der Waals surface area contributed by atoms with Crippen molar-refractivity contribution in [2.75, 3.05) is 13.1 Å². The topological polar surface area (TPSA) is 49.8 Å². The maximum Gasteiger partial charge on any atom is 0.410 e. The van der Waals surface area contributed by atoms with Crippen molar-refractivity contribution in [2.24, 2.45) is 0 Å². The Labute approximate surface area is 128 Å². The highest BCUT2D eigenvalue weighted by Crippen LogP contribution is 2.32. The van der Waals surface area contributed by atoms with Gasteiger partial charge in [-0.25, -0.2) is 13.6 Å². The monoisotopic (exact) mass is 313 g/mol. The van der Waals surface area contributed by atoms with E-state index in [4.69, 9.17) is 4.74 Å². The molecular weight excluding hydrogens is 292 g/mol.